The van der Waals surface area contributed by atoms with Crippen LogP contribution >= 0.6 is 35.0 Å². The average molecular weight is 386 g/mol. The molecule has 1 heterocycles. The number of anilines is 1. The Morgan fingerprint density at radius 2 is 2.17 bits per heavy atom. The second-order valence-corrected chi connectivity index (χ2v) is 7.45. The monoisotopic (exact) mass is 385 g/mol. The van der Waals surface area contributed by atoms with E-state index in [1.807, 2.05) is 13.0 Å². The summed E-state index contributed by atoms with van der Waals surface area (Å²) in [6, 6.07) is 1.87. The largest absolute Gasteiger partial charge is 0.404 e. The summed E-state index contributed by atoms with van der Waals surface area (Å²) in [5.41, 5.74) is 13.7. The first kappa shape index (κ1) is 18.9. The molecule has 0 spiro atoms. The van der Waals surface area contributed by atoms with E-state index in [1.165, 1.54) is 18.0 Å². The van der Waals surface area contributed by atoms with E-state index in [9.17, 15) is 4.39 Å². The van der Waals surface area contributed by atoms with E-state index in [2.05, 4.69) is 11.6 Å². The van der Waals surface area contributed by atoms with E-state index in [1.54, 1.807) is 12.3 Å². The SMILES string of the molecule is C=C/C(=C\N)c1cnc(N)c(SC(C)C2=C(Cl)CCC(F)=C2Cl)c1. The maximum atomic E-state index is 13.8. The van der Waals surface area contributed by atoms with Gasteiger partial charge in [-0.15, -0.1) is 11.8 Å². The minimum absolute atomic E-state index is 0.0996. The Morgan fingerprint density at radius 1 is 1.46 bits per heavy atom. The molecule has 128 valence electrons. The van der Waals surface area contributed by atoms with E-state index >= 15 is 0 Å². The lowest BCUT2D eigenvalue weighted by Gasteiger charge is -2.22. The van der Waals surface area contributed by atoms with Crippen LogP contribution in [0.2, 0.25) is 0 Å². The van der Waals surface area contributed by atoms with Crippen molar-refractivity contribution >= 4 is 46.4 Å². The summed E-state index contributed by atoms with van der Waals surface area (Å²) < 4.78 is 13.8. The minimum atomic E-state index is -0.330. The molecule has 1 aromatic rings. The van der Waals surface area contributed by atoms with Crippen molar-refractivity contribution in [3.05, 3.63) is 58.1 Å². The highest BCUT2D eigenvalue weighted by Crippen LogP contribution is 2.43. The lowest BCUT2D eigenvalue weighted by Crippen LogP contribution is -2.09. The molecule has 1 aliphatic rings. The molecule has 3 nitrogen and oxygen atoms in total. The molecule has 0 aromatic carbocycles. The van der Waals surface area contributed by atoms with E-state index in [-0.39, 0.29) is 22.5 Å². The van der Waals surface area contributed by atoms with E-state index in [4.69, 9.17) is 34.7 Å². The van der Waals surface area contributed by atoms with Crippen LogP contribution in [-0.4, -0.2) is 10.2 Å². The molecule has 0 amide bonds. The number of hydrogen-bond donors (Lipinski definition) is 2. The van der Waals surface area contributed by atoms with Crippen LogP contribution < -0.4 is 11.5 Å². The highest BCUT2D eigenvalue weighted by molar-refractivity contribution is 8.00. The maximum absolute atomic E-state index is 13.8. The van der Waals surface area contributed by atoms with Crippen LogP contribution in [0.25, 0.3) is 5.57 Å². The summed E-state index contributed by atoms with van der Waals surface area (Å²) in [4.78, 5) is 4.94. The lowest BCUT2D eigenvalue weighted by atomic mass is 10.0. The van der Waals surface area contributed by atoms with Gasteiger partial charge in [-0.3, -0.25) is 0 Å². The van der Waals surface area contributed by atoms with Crippen molar-refractivity contribution in [1.82, 2.24) is 4.98 Å². The quantitative estimate of drug-likeness (QED) is 0.530. The van der Waals surface area contributed by atoms with Crippen LogP contribution in [0.1, 0.15) is 25.3 Å². The Morgan fingerprint density at radius 3 is 2.79 bits per heavy atom. The van der Waals surface area contributed by atoms with Gasteiger partial charge in [-0.2, -0.15) is 0 Å². The molecule has 0 bridgehead atoms. The predicted molar refractivity (Wildman–Crippen MR) is 102 cm³/mol. The summed E-state index contributed by atoms with van der Waals surface area (Å²) in [5.74, 6) is 0.0486. The van der Waals surface area contributed by atoms with Crippen LogP contribution in [0.15, 0.2) is 57.5 Å². The fraction of sp³-hybridized carbons (Fsp3) is 0.235. The van der Waals surface area contributed by atoms with Gasteiger partial charge in [0.1, 0.15) is 11.6 Å². The number of thioether (sulfide) groups is 1. The van der Waals surface area contributed by atoms with Crippen molar-refractivity contribution in [3.63, 3.8) is 0 Å². The summed E-state index contributed by atoms with van der Waals surface area (Å²) in [5, 5.41) is 0.504. The molecule has 0 saturated carbocycles. The fourth-order valence-corrected chi connectivity index (χ4v) is 4.40. The van der Waals surface area contributed by atoms with E-state index in [0.29, 0.717) is 22.8 Å². The smallest absolute Gasteiger partial charge is 0.137 e. The number of nitrogens with two attached hydrogens (primary N) is 2. The normalized spacial score (nSPS) is 17.2. The van der Waals surface area contributed by atoms with Gasteiger partial charge < -0.3 is 11.5 Å². The van der Waals surface area contributed by atoms with Crippen LogP contribution in [-0.2, 0) is 0 Å². The third kappa shape index (κ3) is 3.97. The topological polar surface area (TPSA) is 64.9 Å². The highest BCUT2D eigenvalue weighted by Gasteiger charge is 2.25. The van der Waals surface area contributed by atoms with Gasteiger partial charge in [0, 0.05) is 40.2 Å². The van der Waals surface area contributed by atoms with Gasteiger partial charge in [0.25, 0.3) is 0 Å². The molecule has 4 N–H and O–H groups in total. The van der Waals surface area contributed by atoms with Gasteiger partial charge >= 0.3 is 0 Å². The minimum Gasteiger partial charge on any atom is -0.404 e. The number of nitrogen functional groups attached to an aromatic ring is 1. The molecule has 1 aliphatic carbocycles. The Labute approximate surface area is 155 Å². The van der Waals surface area contributed by atoms with Gasteiger partial charge in [0.2, 0.25) is 0 Å². The molecule has 24 heavy (non-hydrogen) atoms. The molecular weight excluding hydrogens is 368 g/mol. The Balaban J connectivity index is 2.34. The molecule has 0 aliphatic heterocycles. The average Bonchev–Trinajstić information content (AvgIpc) is 2.55. The molecule has 1 unspecified atom stereocenters. The molecule has 0 fully saturated rings. The molecule has 1 atom stereocenters. The number of halogens is 3. The first-order valence-corrected chi connectivity index (χ1v) is 8.92. The number of hydrogen-bond acceptors (Lipinski definition) is 4. The second kappa shape index (κ2) is 8.10. The van der Waals surface area contributed by atoms with Crippen molar-refractivity contribution in [2.45, 2.75) is 29.9 Å². The molecule has 1 aromatic heterocycles. The fourth-order valence-electron chi connectivity index (χ4n) is 2.37. The first-order chi connectivity index (χ1) is 11.4. The first-order valence-electron chi connectivity index (χ1n) is 7.29. The third-order valence-electron chi connectivity index (χ3n) is 3.66. The molecule has 0 radical (unpaired) electrons. The van der Waals surface area contributed by atoms with Crippen LogP contribution in [0.3, 0.4) is 0 Å². The molecule has 7 heteroatoms. The number of aromatic nitrogens is 1. The van der Waals surface area contributed by atoms with Crippen molar-refractivity contribution < 1.29 is 4.39 Å². The Hall–Kier alpha value is -1.43. The zero-order valence-electron chi connectivity index (χ0n) is 13.2. The Bertz CT molecular complexity index is 756. The maximum Gasteiger partial charge on any atom is 0.137 e. The molecule has 2 rings (SSSR count). The van der Waals surface area contributed by atoms with Crippen LogP contribution in [0, 0.1) is 0 Å². The zero-order valence-corrected chi connectivity index (χ0v) is 15.5. The standard InChI is InChI=1S/C17H18Cl2FN3S/c1-3-10(7-21)11-6-14(17(22)23-8-11)24-9(2)15-12(18)4-5-13(20)16(15)19/h3,6-9H,1,4-5,21H2,2H3,(H2,22,23)/b10-7+. The second-order valence-electron chi connectivity index (χ2n) is 5.23. The summed E-state index contributed by atoms with van der Waals surface area (Å²) in [6.45, 7) is 5.62. The number of rotatable bonds is 5. The van der Waals surface area contributed by atoms with E-state index < -0.39 is 0 Å². The van der Waals surface area contributed by atoms with Gasteiger partial charge in [-0.05, 0) is 25.0 Å². The van der Waals surface area contributed by atoms with Gasteiger partial charge in [0.15, 0.2) is 0 Å². The number of pyridine rings is 1. The third-order valence-corrected chi connectivity index (χ3v) is 5.63. The van der Waals surface area contributed by atoms with Crippen molar-refractivity contribution in [1.29, 1.82) is 0 Å². The highest BCUT2D eigenvalue weighted by atomic mass is 35.5. The van der Waals surface area contributed by atoms with Crippen LogP contribution in [0.5, 0.6) is 0 Å². The summed E-state index contributed by atoms with van der Waals surface area (Å²) in [6.07, 6.45) is 5.41. The summed E-state index contributed by atoms with van der Waals surface area (Å²) >= 11 is 13.8. The number of nitrogens with zero attached hydrogens (tertiary/aromatic N) is 1. The van der Waals surface area contributed by atoms with Gasteiger partial charge in [-0.25, -0.2) is 9.37 Å². The van der Waals surface area contributed by atoms with E-state index in [0.717, 1.165) is 16.0 Å². The van der Waals surface area contributed by atoms with Crippen molar-refractivity contribution in [2.75, 3.05) is 5.73 Å². The summed E-state index contributed by atoms with van der Waals surface area (Å²) in [7, 11) is 0. The number of allylic oxidation sites excluding steroid dienone is 5. The molecule has 0 saturated heterocycles. The van der Waals surface area contributed by atoms with Crippen molar-refractivity contribution in [2.24, 2.45) is 5.73 Å². The Kier molecular flexibility index (Phi) is 6.38. The van der Waals surface area contributed by atoms with Gasteiger partial charge in [0.05, 0.1) is 9.93 Å². The molecular formula is C17H18Cl2FN3S. The predicted octanol–water partition coefficient (Wildman–Crippen LogP) is 5.34. The zero-order chi connectivity index (χ0) is 17.9. The van der Waals surface area contributed by atoms with Crippen LogP contribution in [0.4, 0.5) is 10.2 Å². The van der Waals surface area contributed by atoms with Crippen molar-refractivity contribution in [3.8, 4) is 0 Å². The van der Waals surface area contributed by atoms with Gasteiger partial charge in [-0.1, -0.05) is 35.9 Å². The lowest BCUT2D eigenvalue weighted by molar-refractivity contribution is 0.578.